The lowest BCUT2D eigenvalue weighted by Gasteiger charge is -1.96. The van der Waals surface area contributed by atoms with Crippen molar-refractivity contribution in [2.45, 2.75) is 6.10 Å². The molecule has 0 aliphatic heterocycles. The summed E-state index contributed by atoms with van der Waals surface area (Å²) < 4.78 is 0. The second-order valence-electron chi connectivity index (χ2n) is 4.10. The van der Waals surface area contributed by atoms with E-state index >= 15 is 0 Å². The summed E-state index contributed by atoms with van der Waals surface area (Å²) in [5.41, 5.74) is 1.70. The zero-order valence-electron chi connectivity index (χ0n) is 11.4. The summed E-state index contributed by atoms with van der Waals surface area (Å²) >= 11 is 0. The number of allylic oxidation sites excluding steroid dienone is 1. The van der Waals surface area contributed by atoms with Crippen LogP contribution in [0.25, 0.3) is 0 Å². The SMILES string of the molecule is Cl.OC(C=Nc1ccccc1)/C=C/C=Nc1ccccc1. The highest BCUT2D eigenvalue weighted by molar-refractivity contribution is 5.85. The number of benzene rings is 2. The number of rotatable bonds is 5. The van der Waals surface area contributed by atoms with Gasteiger partial charge in [0.25, 0.3) is 0 Å². The average molecular weight is 301 g/mol. The molecule has 21 heavy (non-hydrogen) atoms. The second kappa shape index (κ2) is 9.64. The van der Waals surface area contributed by atoms with Gasteiger partial charge in [-0.2, -0.15) is 0 Å². The lowest BCUT2D eigenvalue weighted by molar-refractivity contribution is 0.294. The maximum Gasteiger partial charge on any atom is 0.108 e. The van der Waals surface area contributed by atoms with E-state index in [0.717, 1.165) is 11.4 Å². The molecule has 2 aromatic carbocycles. The molecule has 1 unspecified atom stereocenters. The van der Waals surface area contributed by atoms with Crippen LogP contribution < -0.4 is 0 Å². The second-order valence-corrected chi connectivity index (χ2v) is 4.10. The normalized spacial score (nSPS) is 12.8. The Balaban J connectivity index is 0.00000220. The van der Waals surface area contributed by atoms with E-state index in [2.05, 4.69) is 9.98 Å². The first-order chi connectivity index (χ1) is 9.84. The minimum Gasteiger partial charge on any atom is -0.383 e. The molecule has 1 atom stereocenters. The van der Waals surface area contributed by atoms with Crippen LogP contribution >= 0.6 is 12.4 Å². The predicted molar refractivity (Wildman–Crippen MR) is 91.6 cm³/mol. The van der Waals surface area contributed by atoms with Crippen molar-refractivity contribution < 1.29 is 5.11 Å². The Labute approximate surface area is 130 Å². The van der Waals surface area contributed by atoms with Crippen molar-refractivity contribution in [2.24, 2.45) is 9.98 Å². The maximum atomic E-state index is 9.71. The molecule has 0 heterocycles. The average Bonchev–Trinajstić information content (AvgIpc) is 2.52. The Bertz CT molecular complexity index is 595. The molecule has 0 spiro atoms. The first-order valence-electron chi connectivity index (χ1n) is 6.38. The van der Waals surface area contributed by atoms with E-state index in [1.165, 1.54) is 6.21 Å². The predicted octanol–water partition coefficient (Wildman–Crippen LogP) is 4.13. The summed E-state index contributed by atoms with van der Waals surface area (Å²) in [6, 6.07) is 19.1. The van der Waals surface area contributed by atoms with Gasteiger partial charge in [-0.05, 0) is 36.4 Å². The van der Waals surface area contributed by atoms with Gasteiger partial charge in [0, 0.05) is 12.4 Å². The highest BCUT2D eigenvalue weighted by Crippen LogP contribution is 2.09. The molecule has 3 nitrogen and oxygen atoms in total. The monoisotopic (exact) mass is 300 g/mol. The molecule has 0 fully saturated rings. The fourth-order valence-corrected chi connectivity index (χ4v) is 1.53. The number of nitrogens with zero attached hydrogens (tertiary/aromatic N) is 2. The van der Waals surface area contributed by atoms with Crippen molar-refractivity contribution in [3.63, 3.8) is 0 Å². The third kappa shape index (κ3) is 6.65. The fourth-order valence-electron chi connectivity index (χ4n) is 1.53. The number of aliphatic hydroxyl groups is 1. The van der Waals surface area contributed by atoms with Gasteiger partial charge >= 0.3 is 0 Å². The molecule has 1 N–H and O–H groups in total. The molecule has 0 bridgehead atoms. The number of para-hydroxylation sites is 2. The molecule has 108 valence electrons. The van der Waals surface area contributed by atoms with Crippen molar-refractivity contribution in [1.82, 2.24) is 0 Å². The zero-order valence-corrected chi connectivity index (χ0v) is 12.2. The summed E-state index contributed by atoms with van der Waals surface area (Å²) in [7, 11) is 0. The van der Waals surface area contributed by atoms with Gasteiger partial charge in [-0.3, -0.25) is 9.98 Å². The van der Waals surface area contributed by atoms with E-state index in [1.54, 1.807) is 18.4 Å². The highest BCUT2D eigenvalue weighted by atomic mass is 35.5. The summed E-state index contributed by atoms with van der Waals surface area (Å²) in [5.74, 6) is 0. The highest BCUT2D eigenvalue weighted by Gasteiger charge is 1.92. The van der Waals surface area contributed by atoms with E-state index in [4.69, 9.17) is 0 Å². The van der Waals surface area contributed by atoms with Gasteiger partial charge in [0.05, 0.1) is 11.4 Å². The molecule has 2 rings (SSSR count). The van der Waals surface area contributed by atoms with Gasteiger partial charge in [-0.25, -0.2) is 0 Å². The van der Waals surface area contributed by atoms with Crippen LogP contribution in [0.4, 0.5) is 11.4 Å². The van der Waals surface area contributed by atoms with Crippen molar-refractivity contribution in [2.75, 3.05) is 0 Å². The van der Waals surface area contributed by atoms with E-state index in [-0.39, 0.29) is 12.4 Å². The zero-order chi connectivity index (χ0) is 14.0. The van der Waals surface area contributed by atoms with E-state index < -0.39 is 6.10 Å². The number of aliphatic hydroxyl groups excluding tert-OH is 1. The van der Waals surface area contributed by atoms with Crippen LogP contribution in [-0.2, 0) is 0 Å². The van der Waals surface area contributed by atoms with Crippen LogP contribution in [0.3, 0.4) is 0 Å². The lowest BCUT2D eigenvalue weighted by Crippen LogP contribution is -2.02. The van der Waals surface area contributed by atoms with Gasteiger partial charge in [-0.1, -0.05) is 36.4 Å². The molecule has 2 aromatic rings. The van der Waals surface area contributed by atoms with Crippen molar-refractivity contribution in [3.8, 4) is 0 Å². The molecule has 0 aliphatic carbocycles. The summed E-state index contributed by atoms with van der Waals surface area (Å²) in [4.78, 5) is 8.40. The minimum absolute atomic E-state index is 0. The quantitative estimate of drug-likeness (QED) is 0.829. The Morgan fingerprint density at radius 1 is 0.810 bits per heavy atom. The molecule has 0 saturated heterocycles. The van der Waals surface area contributed by atoms with Crippen molar-refractivity contribution in [3.05, 3.63) is 72.8 Å². The topological polar surface area (TPSA) is 45.0 Å². The molecule has 0 aliphatic rings. The number of aliphatic imine (C=N–C) groups is 2. The summed E-state index contributed by atoms with van der Waals surface area (Å²) in [6.07, 6.45) is 5.74. The van der Waals surface area contributed by atoms with Crippen LogP contribution in [0, 0.1) is 0 Å². The molecule has 4 heteroatoms. The standard InChI is InChI=1S/C17H16N2O.ClH/c20-17(14-19-16-10-5-2-6-11-16)12-7-13-18-15-8-3-1-4-9-15;/h1-14,17,20H;1H/b12-7+,18-13?,19-14?;. The number of hydrogen-bond donors (Lipinski definition) is 1. The van der Waals surface area contributed by atoms with Gasteiger partial charge < -0.3 is 5.11 Å². The third-order valence-corrected chi connectivity index (χ3v) is 2.51. The van der Waals surface area contributed by atoms with Crippen molar-refractivity contribution >= 4 is 36.2 Å². The Morgan fingerprint density at radius 2 is 1.33 bits per heavy atom. The summed E-state index contributed by atoms with van der Waals surface area (Å²) in [5, 5.41) is 9.71. The first kappa shape index (κ1) is 16.8. The van der Waals surface area contributed by atoms with Gasteiger partial charge in [-0.15, -0.1) is 12.4 Å². The Kier molecular flexibility index (Phi) is 7.72. The molecule has 0 radical (unpaired) electrons. The van der Waals surface area contributed by atoms with E-state index in [0.29, 0.717) is 0 Å². The Morgan fingerprint density at radius 3 is 1.90 bits per heavy atom. The van der Waals surface area contributed by atoms with Crippen LogP contribution in [0.1, 0.15) is 0 Å². The van der Waals surface area contributed by atoms with Gasteiger partial charge in [0.2, 0.25) is 0 Å². The summed E-state index contributed by atoms with van der Waals surface area (Å²) in [6.45, 7) is 0. The molecule has 0 amide bonds. The minimum atomic E-state index is -0.725. The van der Waals surface area contributed by atoms with Crippen LogP contribution in [0.15, 0.2) is 82.8 Å². The van der Waals surface area contributed by atoms with Crippen LogP contribution in [0.2, 0.25) is 0 Å². The van der Waals surface area contributed by atoms with Gasteiger partial charge in [0.15, 0.2) is 0 Å². The van der Waals surface area contributed by atoms with Crippen LogP contribution in [-0.4, -0.2) is 23.6 Å². The maximum absolute atomic E-state index is 9.71. The van der Waals surface area contributed by atoms with E-state index in [1.807, 2.05) is 60.7 Å². The van der Waals surface area contributed by atoms with E-state index in [9.17, 15) is 5.11 Å². The van der Waals surface area contributed by atoms with Gasteiger partial charge in [0.1, 0.15) is 6.10 Å². The lowest BCUT2D eigenvalue weighted by atomic mass is 10.3. The molecular formula is C17H17ClN2O. The van der Waals surface area contributed by atoms with Crippen LogP contribution in [0.5, 0.6) is 0 Å². The Hall–Kier alpha value is -2.23. The largest absolute Gasteiger partial charge is 0.383 e. The number of hydrogen-bond acceptors (Lipinski definition) is 3. The number of halogens is 1. The van der Waals surface area contributed by atoms with Crippen molar-refractivity contribution in [1.29, 1.82) is 0 Å². The first-order valence-corrected chi connectivity index (χ1v) is 6.38. The molecule has 0 saturated carbocycles. The molecule has 0 aromatic heterocycles. The fraction of sp³-hybridized carbons (Fsp3) is 0.0588. The third-order valence-electron chi connectivity index (χ3n) is 2.51. The molecular weight excluding hydrogens is 284 g/mol. The smallest absolute Gasteiger partial charge is 0.108 e.